The molecule has 0 aliphatic heterocycles. The zero-order valence-corrected chi connectivity index (χ0v) is 36.2. The van der Waals surface area contributed by atoms with E-state index in [0.717, 1.165) is 43.4 Å². The second-order valence-corrected chi connectivity index (χ2v) is 23.3. The third-order valence-corrected chi connectivity index (χ3v) is 20.4. The highest BCUT2D eigenvalue weighted by atomic mass is 28.4. The van der Waals surface area contributed by atoms with E-state index in [1.54, 1.807) is 12.7 Å². The number of esters is 1. The molecule has 2 aromatic carbocycles. The molecule has 0 bridgehead atoms. The summed E-state index contributed by atoms with van der Waals surface area (Å²) in [4.78, 5) is 13.0. The Morgan fingerprint density at radius 3 is 2.17 bits per heavy atom. The molecule has 6 heteroatoms. The lowest BCUT2D eigenvalue weighted by Gasteiger charge is -2.59. The first-order valence-electron chi connectivity index (χ1n) is 21.6. The van der Waals surface area contributed by atoms with Crippen LogP contribution in [0.5, 0.6) is 0 Å². The van der Waals surface area contributed by atoms with Crippen LogP contribution in [0.1, 0.15) is 126 Å². The Kier molecular flexibility index (Phi) is 13.1. The standard InChI is InChI=1S/C48H72O5Si/c1-10-18-35(45(49)51-11-2)31-44(52-33-50-9)34(3)41-25-26-42-40-24-23-36-32-37(27-29-47(36,7)43(40)28-30-48(41,42)8)53-54(46(4,5)6,38-19-14-12-15-20-38)39-21-16-13-17-22-39/h12-17,19-23,34-35,37,40-44H,10-11,18,24-33H2,1-9H3/t34-,35+,37-,40-,41+,42-,43-,44+,47-,48+/m0/s1. The van der Waals surface area contributed by atoms with E-state index in [4.69, 9.17) is 18.6 Å². The van der Waals surface area contributed by atoms with Gasteiger partial charge in [-0.1, -0.05) is 127 Å². The molecule has 10 atom stereocenters. The molecule has 0 spiro atoms. The highest BCUT2D eigenvalue weighted by molar-refractivity contribution is 6.99. The second kappa shape index (κ2) is 17.1. The largest absolute Gasteiger partial charge is 0.466 e. The first-order chi connectivity index (χ1) is 25.8. The maximum absolute atomic E-state index is 13.0. The summed E-state index contributed by atoms with van der Waals surface area (Å²) in [5.74, 6) is 2.91. The van der Waals surface area contributed by atoms with Crippen molar-refractivity contribution in [2.45, 2.75) is 143 Å². The van der Waals surface area contributed by atoms with Gasteiger partial charge in [-0.25, -0.2) is 0 Å². The number of hydrogen-bond donors (Lipinski definition) is 0. The molecule has 298 valence electrons. The molecule has 0 aromatic heterocycles. The average Bonchev–Trinajstić information content (AvgIpc) is 3.52. The molecule has 54 heavy (non-hydrogen) atoms. The van der Waals surface area contributed by atoms with Gasteiger partial charge < -0.3 is 18.6 Å². The van der Waals surface area contributed by atoms with Gasteiger partial charge in [-0.3, -0.25) is 4.79 Å². The lowest BCUT2D eigenvalue weighted by molar-refractivity contribution is -0.154. The number of methoxy groups -OCH3 is 1. The molecule has 5 nitrogen and oxygen atoms in total. The summed E-state index contributed by atoms with van der Waals surface area (Å²) in [5, 5.41) is 2.74. The minimum Gasteiger partial charge on any atom is -0.466 e. The van der Waals surface area contributed by atoms with Crippen molar-refractivity contribution in [1.82, 2.24) is 0 Å². The monoisotopic (exact) mass is 757 g/mol. The molecule has 0 amide bonds. The lowest BCUT2D eigenvalue weighted by atomic mass is 9.47. The fraction of sp³-hybridized carbons (Fsp3) is 0.688. The molecule has 3 fully saturated rings. The first-order valence-corrected chi connectivity index (χ1v) is 23.5. The van der Waals surface area contributed by atoms with Gasteiger partial charge in [-0.15, -0.1) is 0 Å². The van der Waals surface area contributed by atoms with E-state index in [0.29, 0.717) is 24.9 Å². The number of hydrogen-bond acceptors (Lipinski definition) is 5. The molecular formula is C48H72O5Si. The fourth-order valence-electron chi connectivity index (χ4n) is 12.6. The fourth-order valence-corrected chi connectivity index (χ4v) is 17.4. The van der Waals surface area contributed by atoms with Crippen LogP contribution in [0.3, 0.4) is 0 Å². The van der Waals surface area contributed by atoms with E-state index in [1.807, 2.05) is 6.92 Å². The predicted molar refractivity (Wildman–Crippen MR) is 223 cm³/mol. The van der Waals surface area contributed by atoms with Gasteiger partial charge in [-0.2, -0.15) is 0 Å². The normalized spacial score (nSPS) is 31.4. The number of carbonyl (C=O) groups excluding carboxylic acids is 1. The molecule has 0 saturated heterocycles. The van der Waals surface area contributed by atoms with Gasteiger partial charge in [0.05, 0.1) is 18.6 Å². The maximum Gasteiger partial charge on any atom is 0.309 e. The summed E-state index contributed by atoms with van der Waals surface area (Å²) in [6.07, 6.45) is 15.2. The van der Waals surface area contributed by atoms with E-state index in [2.05, 4.69) is 115 Å². The van der Waals surface area contributed by atoms with Crippen LogP contribution < -0.4 is 10.4 Å². The van der Waals surface area contributed by atoms with Crippen LogP contribution in [0.2, 0.25) is 5.04 Å². The molecule has 0 unspecified atom stereocenters. The minimum atomic E-state index is -2.61. The summed E-state index contributed by atoms with van der Waals surface area (Å²) >= 11 is 0. The van der Waals surface area contributed by atoms with E-state index >= 15 is 0 Å². The van der Waals surface area contributed by atoms with E-state index < -0.39 is 8.32 Å². The van der Waals surface area contributed by atoms with Crippen molar-refractivity contribution < 1.29 is 23.4 Å². The van der Waals surface area contributed by atoms with Crippen molar-refractivity contribution in [2.75, 3.05) is 20.5 Å². The average molecular weight is 757 g/mol. The number of benzene rings is 2. The van der Waals surface area contributed by atoms with Gasteiger partial charge in [0.15, 0.2) is 0 Å². The molecule has 0 N–H and O–H groups in total. The maximum atomic E-state index is 13.0. The van der Waals surface area contributed by atoms with Crippen LogP contribution in [-0.2, 0) is 23.4 Å². The Morgan fingerprint density at radius 2 is 1.57 bits per heavy atom. The summed E-state index contributed by atoms with van der Waals surface area (Å²) in [7, 11) is -0.914. The Balaban J connectivity index is 1.22. The quantitative estimate of drug-likeness (QED) is 0.0784. The zero-order valence-electron chi connectivity index (χ0n) is 35.2. The third kappa shape index (κ3) is 7.72. The van der Waals surface area contributed by atoms with Gasteiger partial charge in [0.2, 0.25) is 0 Å². The highest BCUT2D eigenvalue weighted by Gasteiger charge is 2.60. The Morgan fingerprint density at radius 1 is 0.907 bits per heavy atom. The summed E-state index contributed by atoms with van der Waals surface area (Å²) in [6, 6.07) is 22.4. The van der Waals surface area contributed by atoms with Crippen molar-refractivity contribution >= 4 is 24.7 Å². The highest BCUT2D eigenvalue weighted by Crippen LogP contribution is 2.67. The molecule has 6 rings (SSSR count). The number of carbonyl (C=O) groups is 1. The molecular weight excluding hydrogens is 685 g/mol. The predicted octanol–water partition coefficient (Wildman–Crippen LogP) is 10.5. The van der Waals surface area contributed by atoms with Gasteiger partial charge in [0, 0.05) is 13.2 Å². The number of rotatable bonds is 15. The summed E-state index contributed by atoms with van der Waals surface area (Å²) in [6.45, 7) is 19.6. The molecule has 0 heterocycles. The van der Waals surface area contributed by atoms with Crippen LogP contribution in [0.4, 0.5) is 0 Å². The van der Waals surface area contributed by atoms with Crippen LogP contribution in [0, 0.1) is 46.3 Å². The third-order valence-electron chi connectivity index (χ3n) is 15.3. The summed E-state index contributed by atoms with van der Waals surface area (Å²) < 4.78 is 25.2. The molecule has 4 aliphatic carbocycles. The van der Waals surface area contributed by atoms with Crippen LogP contribution >= 0.6 is 0 Å². The number of ether oxygens (including phenoxy) is 3. The van der Waals surface area contributed by atoms with Crippen LogP contribution in [0.25, 0.3) is 0 Å². The van der Waals surface area contributed by atoms with Crippen molar-refractivity contribution in [3.8, 4) is 0 Å². The first kappa shape index (κ1) is 41.4. The van der Waals surface area contributed by atoms with Gasteiger partial charge in [0.1, 0.15) is 6.79 Å². The topological polar surface area (TPSA) is 54.0 Å². The van der Waals surface area contributed by atoms with Crippen molar-refractivity contribution in [2.24, 2.45) is 46.3 Å². The number of fused-ring (bicyclic) bond motifs is 5. The van der Waals surface area contributed by atoms with Crippen molar-refractivity contribution in [3.63, 3.8) is 0 Å². The van der Waals surface area contributed by atoms with Crippen LogP contribution in [0.15, 0.2) is 72.3 Å². The smallest absolute Gasteiger partial charge is 0.309 e. The van der Waals surface area contributed by atoms with E-state index in [-0.39, 0.29) is 46.8 Å². The van der Waals surface area contributed by atoms with E-state index in [9.17, 15) is 4.79 Å². The van der Waals surface area contributed by atoms with Gasteiger partial charge in [0.25, 0.3) is 8.32 Å². The SMILES string of the molecule is CCC[C@H](C[C@@H](OCOC)[C@@H](C)[C@H]1CC[C@H]2[C@@H]3CC=C4C[C@@H](O[Si](c5ccccc5)(c5ccccc5)C(C)(C)C)CC[C@]4(C)[C@H]3CC[C@]12C)C(=O)OCC. The summed E-state index contributed by atoms with van der Waals surface area (Å²) in [5.41, 5.74) is 2.21. The Bertz CT molecular complexity index is 1510. The molecule has 4 aliphatic rings. The molecule has 0 radical (unpaired) electrons. The Labute approximate surface area is 329 Å². The molecule has 2 aromatic rings. The van der Waals surface area contributed by atoms with Gasteiger partial charge >= 0.3 is 5.97 Å². The lowest BCUT2D eigenvalue weighted by Crippen LogP contribution is -2.68. The van der Waals surface area contributed by atoms with Crippen LogP contribution in [-0.4, -0.2) is 47.0 Å². The van der Waals surface area contributed by atoms with Crippen molar-refractivity contribution in [1.29, 1.82) is 0 Å². The van der Waals surface area contributed by atoms with Crippen molar-refractivity contribution in [3.05, 3.63) is 72.3 Å². The number of allylic oxidation sites excluding steroid dienone is 1. The Hall–Kier alpha value is -2.25. The van der Waals surface area contributed by atoms with Gasteiger partial charge in [-0.05, 0) is 127 Å². The minimum absolute atomic E-state index is 0.0180. The second-order valence-electron chi connectivity index (χ2n) is 19.1. The van der Waals surface area contributed by atoms with E-state index in [1.165, 1.54) is 48.9 Å². The zero-order chi connectivity index (χ0) is 38.7. The molecule has 3 saturated carbocycles.